The molecule has 0 bridgehead atoms. The number of aromatic nitrogens is 5. The van der Waals surface area contributed by atoms with E-state index in [1.54, 1.807) is 6.07 Å². The predicted octanol–water partition coefficient (Wildman–Crippen LogP) is 4.25. The lowest BCUT2D eigenvalue weighted by Gasteiger charge is -2.07. The number of nitrogens with one attached hydrogen (secondary N) is 2. The fraction of sp³-hybridized carbons (Fsp3) is 0.143. The van der Waals surface area contributed by atoms with Crippen LogP contribution in [0.3, 0.4) is 0 Å². The van der Waals surface area contributed by atoms with Crippen LogP contribution in [0, 0.1) is 6.92 Å². The van der Waals surface area contributed by atoms with E-state index in [4.69, 9.17) is 10.5 Å². The van der Waals surface area contributed by atoms with Crippen molar-refractivity contribution in [2.45, 2.75) is 20.3 Å². The second kappa shape index (κ2) is 7.97. The van der Waals surface area contributed by atoms with Crippen LogP contribution in [0.4, 0.5) is 17.5 Å². The third-order valence-corrected chi connectivity index (χ3v) is 4.19. The molecule has 0 atom stereocenters. The average Bonchev–Trinajstić information content (AvgIpc) is 3.16. The van der Waals surface area contributed by atoms with E-state index in [1.807, 2.05) is 62.4 Å². The van der Waals surface area contributed by atoms with Crippen LogP contribution in [0.1, 0.15) is 18.3 Å². The summed E-state index contributed by atoms with van der Waals surface area (Å²) in [6.45, 7) is 4.00. The van der Waals surface area contributed by atoms with Crippen LogP contribution in [0.5, 0.6) is 11.6 Å². The van der Waals surface area contributed by atoms with Crippen LogP contribution in [0.15, 0.2) is 54.6 Å². The summed E-state index contributed by atoms with van der Waals surface area (Å²) in [7, 11) is 0. The maximum atomic E-state index is 5.80. The zero-order chi connectivity index (χ0) is 20.2. The summed E-state index contributed by atoms with van der Waals surface area (Å²) in [5.74, 6) is 3.27. The maximum absolute atomic E-state index is 5.80. The Balaban J connectivity index is 1.47. The molecule has 8 nitrogen and oxygen atoms in total. The molecule has 0 fully saturated rings. The van der Waals surface area contributed by atoms with Gasteiger partial charge in [-0.25, -0.2) is 4.98 Å². The molecule has 2 aromatic heterocycles. The number of ether oxygens (including phenoxy) is 1. The predicted molar refractivity (Wildman–Crippen MR) is 112 cm³/mol. The second-order valence-corrected chi connectivity index (χ2v) is 6.53. The molecule has 29 heavy (non-hydrogen) atoms. The zero-order valence-electron chi connectivity index (χ0n) is 16.2. The first-order chi connectivity index (χ1) is 14.1. The first kappa shape index (κ1) is 18.4. The number of aryl methyl sites for hydroxylation is 2. The minimum absolute atomic E-state index is 0.388. The minimum Gasteiger partial charge on any atom is -0.439 e. The van der Waals surface area contributed by atoms with Crippen molar-refractivity contribution in [3.05, 3.63) is 66.0 Å². The van der Waals surface area contributed by atoms with Gasteiger partial charge < -0.3 is 15.8 Å². The molecule has 0 amide bonds. The Kier molecular flexibility index (Phi) is 5.07. The number of hydrogen-bond acceptors (Lipinski definition) is 7. The van der Waals surface area contributed by atoms with Crippen molar-refractivity contribution in [3.63, 3.8) is 0 Å². The molecule has 0 saturated carbocycles. The van der Waals surface area contributed by atoms with E-state index >= 15 is 0 Å². The first-order valence-corrected chi connectivity index (χ1v) is 9.27. The summed E-state index contributed by atoms with van der Waals surface area (Å²) in [6, 6.07) is 17.1. The number of nitrogens with two attached hydrogens (primary N) is 1. The molecule has 4 rings (SSSR count). The van der Waals surface area contributed by atoms with Gasteiger partial charge in [0.1, 0.15) is 17.4 Å². The van der Waals surface area contributed by atoms with Gasteiger partial charge >= 0.3 is 0 Å². The average molecular weight is 387 g/mol. The Labute approximate surface area is 168 Å². The summed E-state index contributed by atoms with van der Waals surface area (Å²) in [4.78, 5) is 13.0. The maximum Gasteiger partial charge on any atom is 0.246 e. The highest BCUT2D eigenvalue weighted by molar-refractivity contribution is 5.60. The molecular formula is C21H21N7O. The van der Waals surface area contributed by atoms with E-state index in [2.05, 4.69) is 30.5 Å². The number of anilines is 3. The van der Waals surface area contributed by atoms with Crippen LogP contribution in [0.2, 0.25) is 0 Å². The van der Waals surface area contributed by atoms with Gasteiger partial charge in [0.25, 0.3) is 0 Å². The fourth-order valence-corrected chi connectivity index (χ4v) is 2.80. The number of H-pyrrole nitrogens is 1. The number of hydrogen-bond donors (Lipinski definition) is 3. The van der Waals surface area contributed by atoms with E-state index in [0.717, 1.165) is 16.8 Å². The standard InChI is InChI=1S/C21H21N7O/c1-3-18-24-17(22)12-19(25-18)29-16-9-7-14(8-10-16)20-26-21(28-27-20)23-15-6-4-5-13(2)11-15/h4-12H,3H2,1-2H3,(H2,22,24,25)(H2,23,26,27,28). The van der Waals surface area contributed by atoms with Gasteiger partial charge in [0, 0.05) is 23.7 Å². The highest BCUT2D eigenvalue weighted by atomic mass is 16.5. The number of nitrogen functional groups attached to an aromatic ring is 1. The quantitative estimate of drug-likeness (QED) is 0.453. The van der Waals surface area contributed by atoms with E-state index in [0.29, 0.717) is 41.5 Å². The van der Waals surface area contributed by atoms with Crippen LogP contribution < -0.4 is 15.8 Å². The smallest absolute Gasteiger partial charge is 0.246 e. The molecule has 0 spiro atoms. The highest BCUT2D eigenvalue weighted by Crippen LogP contribution is 2.25. The summed E-state index contributed by atoms with van der Waals surface area (Å²) in [5.41, 5.74) is 8.79. The SMILES string of the molecule is CCc1nc(N)cc(Oc2ccc(-c3nc(Nc4cccc(C)c4)n[nH]3)cc2)n1. The molecule has 0 aliphatic rings. The lowest BCUT2D eigenvalue weighted by Crippen LogP contribution is -2.00. The van der Waals surface area contributed by atoms with Crippen LogP contribution in [0.25, 0.3) is 11.4 Å². The third-order valence-electron chi connectivity index (χ3n) is 4.19. The summed E-state index contributed by atoms with van der Waals surface area (Å²) < 4.78 is 5.80. The Bertz CT molecular complexity index is 1120. The molecular weight excluding hydrogens is 366 g/mol. The molecule has 0 saturated heterocycles. The Morgan fingerprint density at radius 1 is 1.03 bits per heavy atom. The largest absolute Gasteiger partial charge is 0.439 e. The van der Waals surface area contributed by atoms with Crippen LogP contribution >= 0.6 is 0 Å². The zero-order valence-corrected chi connectivity index (χ0v) is 16.2. The molecule has 146 valence electrons. The molecule has 4 aromatic rings. The monoisotopic (exact) mass is 387 g/mol. The van der Waals surface area contributed by atoms with Crippen LogP contribution in [-0.4, -0.2) is 25.1 Å². The van der Waals surface area contributed by atoms with Crippen molar-refractivity contribution >= 4 is 17.5 Å². The number of benzene rings is 2. The fourth-order valence-electron chi connectivity index (χ4n) is 2.80. The van der Waals surface area contributed by atoms with Gasteiger partial charge in [0.2, 0.25) is 11.8 Å². The van der Waals surface area contributed by atoms with Gasteiger partial charge in [0.05, 0.1) is 0 Å². The lowest BCUT2D eigenvalue weighted by atomic mass is 10.2. The molecule has 4 N–H and O–H groups in total. The number of rotatable bonds is 6. The van der Waals surface area contributed by atoms with Crippen molar-refractivity contribution in [2.24, 2.45) is 0 Å². The summed E-state index contributed by atoms with van der Waals surface area (Å²) in [6.07, 6.45) is 0.685. The number of aromatic amines is 1. The first-order valence-electron chi connectivity index (χ1n) is 9.27. The second-order valence-electron chi connectivity index (χ2n) is 6.53. The highest BCUT2D eigenvalue weighted by Gasteiger charge is 2.08. The van der Waals surface area contributed by atoms with E-state index < -0.39 is 0 Å². The van der Waals surface area contributed by atoms with Crippen molar-refractivity contribution in [2.75, 3.05) is 11.1 Å². The van der Waals surface area contributed by atoms with Gasteiger partial charge in [-0.1, -0.05) is 19.1 Å². The molecule has 0 aliphatic heterocycles. The van der Waals surface area contributed by atoms with Gasteiger partial charge in [-0.3, -0.25) is 5.10 Å². The number of nitrogens with zero attached hydrogens (tertiary/aromatic N) is 4. The van der Waals surface area contributed by atoms with Gasteiger partial charge in [0.15, 0.2) is 5.82 Å². The van der Waals surface area contributed by atoms with Gasteiger partial charge in [-0.05, 0) is 48.9 Å². The normalized spacial score (nSPS) is 10.7. The molecule has 8 heteroatoms. The Hall–Kier alpha value is -3.94. The molecule has 0 aliphatic carbocycles. The molecule has 2 aromatic carbocycles. The van der Waals surface area contributed by atoms with E-state index in [1.165, 1.54) is 0 Å². The van der Waals surface area contributed by atoms with Crippen molar-refractivity contribution in [1.82, 2.24) is 25.1 Å². The minimum atomic E-state index is 0.388. The lowest BCUT2D eigenvalue weighted by molar-refractivity contribution is 0.459. The topological polar surface area (TPSA) is 115 Å². The summed E-state index contributed by atoms with van der Waals surface area (Å²) >= 11 is 0. The van der Waals surface area contributed by atoms with Crippen molar-refractivity contribution < 1.29 is 4.74 Å². The van der Waals surface area contributed by atoms with Gasteiger partial charge in [-0.15, -0.1) is 5.10 Å². The summed E-state index contributed by atoms with van der Waals surface area (Å²) in [5, 5.41) is 10.4. The third kappa shape index (κ3) is 4.49. The van der Waals surface area contributed by atoms with E-state index in [-0.39, 0.29) is 0 Å². The Morgan fingerprint density at radius 2 is 1.86 bits per heavy atom. The molecule has 0 unspecified atom stereocenters. The molecule has 0 radical (unpaired) electrons. The van der Waals surface area contributed by atoms with Crippen molar-refractivity contribution in [3.8, 4) is 23.0 Å². The Morgan fingerprint density at radius 3 is 2.62 bits per heavy atom. The molecule has 2 heterocycles. The van der Waals surface area contributed by atoms with E-state index in [9.17, 15) is 0 Å². The van der Waals surface area contributed by atoms with Crippen LogP contribution in [-0.2, 0) is 6.42 Å². The van der Waals surface area contributed by atoms with Crippen molar-refractivity contribution in [1.29, 1.82) is 0 Å². The van der Waals surface area contributed by atoms with Gasteiger partial charge in [-0.2, -0.15) is 9.97 Å².